The van der Waals surface area contributed by atoms with E-state index in [0.29, 0.717) is 11.6 Å². The van der Waals surface area contributed by atoms with Crippen LogP contribution in [-0.2, 0) is 4.79 Å². The predicted octanol–water partition coefficient (Wildman–Crippen LogP) is 4.85. The number of nitrogens with zero attached hydrogens (tertiary/aromatic N) is 2. The molecule has 3 aromatic rings. The molecule has 6 nitrogen and oxygen atoms in total. The number of hydrogen-bond acceptors (Lipinski definition) is 5. The van der Waals surface area contributed by atoms with Gasteiger partial charge in [-0.15, -0.1) is 0 Å². The van der Waals surface area contributed by atoms with Crippen molar-refractivity contribution in [2.75, 3.05) is 16.0 Å². The summed E-state index contributed by atoms with van der Waals surface area (Å²) in [7, 11) is 0. The zero-order valence-electron chi connectivity index (χ0n) is 15.9. The topological polar surface area (TPSA) is 78.9 Å². The van der Waals surface area contributed by atoms with E-state index in [1.54, 1.807) is 0 Å². The van der Waals surface area contributed by atoms with Gasteiger partial charge in [0.1, 0.15) is 5.82 Å². The molecule has 0 atom stereocenters. The molecule has 1 aromatic heterocycles. The number of carbonyl (C=O) groups is 1. The van der Waals surface area contributed by atoms with Crippen LogP contribution in [0.1, 0.15) is 23.7 Å². The maximum atomic E-state index is 11.2. The maximum Gasteiger partial charge on any atom is 0.229 e. The normalized spacial score (nSPS) is 10.4. The fraction of sp³-hybridized carbons (Fsp3) is 0.190. The minimum Gasteiger partial charge on any atom is -0.340 e. The Morgan fingerprint density at radius 1 is 0.889 bits per heavy atom. The minimum absolute atomic E-state index is 0.112. The van der Waals surface area contributed by atoms with Crippen LogP contribution < -0.4 is 16.0 Å². The van der Waals surface area contributed by atoms with Crippen LogP contribution in [0.15, 0.2) is 48.5 Å². The second-order valence-electron chi connectivity index (χ2n) is 6.55. The summed E-state index contributed by atoms with van der Waals surface area (Å²) in [6.07, 6.45) is 0. The van der Waals surface area contributed by atoms with Gasteiger partial charge in [0.2, 0.25) is 11.9 Å². The Hall–Kier alpha value is -3.41. The molecule has 0 fully saturated rings. The molecule has 0 saturated heterocycles. The molecular weight excluding hydrogens is 338 g/mol. The molecule has 27 heavy (non-hydrogen) atoms. The molecule has 0 aliphatic heterocycles. The fourth-order valence-electron chi connectivity index (χ4n) is 2.79. The van der Waals surface area contributed by atoms with E-state index >= 15 is 0 Å². The molecule has 0 aliphatic carbocycles. The van der Waals surface area contributed by atoms with Gasteiger partial charge in [0, 0.05) is 35.7 Å². The molecule has 0 aliphatic rings. The SMILES string of the molecule is CC(=O)Nc1cccc(Nc2nc(C)cc(Nc3ccc(C)cc3C)n2)c1. The van der Waals surface area contributed by atoms with Crippen LogP contribution in [0.4, 0.5) is 28.8 Å². The van der Waals surface area contributed by atoms with Crippen LogP contribution in [0, 0.1) is 20.8 Å². The first-order chi connectivity index (χ1) is 12.9. The van der Waals surface area contributed by atoms with E-state index in [9.17, 15) is 4.79 Å². The van der Waals surface area contributed by atoms with Crippen molar-refractivity contribution in [3.05, 3.63) is 65.4 Å². The molecule has 138 valence electrons. The first kappa shape index (κ1) is 18.4. The number of rotatable bonds is 5. The van der Waals surface area contributed by atoms with Crippen LogP contribution in [0.2, 0.25) is 0 Å². The largest absolute Gasteiger partial charge is 0.340 e. The lowest BCUT2D eigenvalue weighted by Crippen LogP contribution is -2.06. The van der Waals surface area contributed by atoms with Crippen molar-refractivity contribution in [1.82, 2.24) is 9.97 Å². The minimum atomic E-state index is -0.112. The first-order valence-electron chi connectivity index (χ1n) is 8.74. The van der Waals surface area contributed by atoms with Crippen molar-refractivity contribution in [2.45, 2.75) is 27.7 Å². The Morgan fingerprint density at radius 3 is 2.41 bits per heavy atom. The van der Waals surface area contributed by atoms with Crippen LogP contribution in [-0.4, -0.2) is 15.9 Å². The Labute approximate surface area is 159 Å². The lowest BCUT2D eigenvalue weighted by atomic mass is 10.1. The maximum absolute atomic E-state index is 11.2. The third-order valence-corrected chi connectivity index (χ3v) is 3.94. The third kappa shape index (κ3) is 5.04. The van der Waals surface area contributed by atoms with Gasteiger partial charge in [0.15, 0.2) is 0 Å². The van der Waals surface area contributed by atoms with E-state index in [0.717, 1.165) is 28.5 Å². The van der Waals surface area contributed by atoms with Gasteiger partial charge in [0.05, 0.1) is 0 Å². The van der Waals surface area contributed by atoms with Gasteiger partial charge in [-0.05, 0) is 50.6 Å². The van der Waals surface area contributed by atoms with Gasteiger partial charge in [-0.25, -0.2) is 4.98 Å². The highest BCUT2D eigenvalue weighted by Gasteiger charge is 2.06. The zero-order chi connectivity index (χ0) is 19.4. The average Bonchev–Trinajstić information content (AvgIpc) is 2.56. The molecule has 1 heterocycles. The van der Waals surface area contributed by atoms with Crippen LogP contribution in [0.3, 0.4) is 0 Å². The molecule has 0 unspecified atom stereocenters. The fourth-order valence-corrected chi connectivity index (χ4v) is 2.79. The van der Waals surface area contributed by atoms with Crippen LogP contribution in [0.25, 0.3) is 0 Å². The summed E-state index contributed by atoms with van der Waals surface area (Å²) >= 11 is 0. The van der Waals surface area contributed by atoms with E-state index in [1.165, 1.54) is 12.5 Å². The molecule has 0 saturated carbocycles. The number of carbonyl (C=O) groups excluding carboxylic acids is 1. The van der Waals surface area contributed by atoms with Crippen molar-refractivity contribution in [3.8, 4) is 0 Å². The van der Waals surface area contributed by atoms with Gasteiger partial charge >= 0.3 is 0 Å². The molecule has 3 N–H and O–H groups in total. The summed E-state index contributed by atoms with van der Waals surface area (Å²) in [4.78, 5) is 20.2. The summed E-state index contributed by atoms with van der Waals surface area (Å²) in [5.74, 6) is 1.09. The van der Waals surface area contributed by atoms with E-state index in [-0.39, 0.29) is 5.91 Å². The third-order valence-electron chi connectivity index (χ3n) is 3.94. The van der Waals surface area contributed by atoms with Gasteiger partial charge in [0.25, 0.3) is 0 Å². The highest BCUT2D eigenvalue weighted by atomic mass is 16.1. The number of hydrogen-bond donors (Lipinski definition) is 3. The Morgan fingerprint density at radius 2 is 1.67 bits per heavy atom. The highest BCUT2D eigenvalue weighted by molar-refractivity contribution is 5.89. The van der Waals surface area contributed by atoms with E-state index in [2.05, 4.69) is 51.9 Å². The summed E-state index contributed by atoms with van der Waals surface area (Å²) < 4.78 is 0. The van der Waals surface area contributed by atoms with Gasteiger partial charge in [-0.2, -0.15) is 4.98 Å². The van der Waals surface area contributed by atoms with E-state index in [1.807, 2.05) is 43.3 Å². The number of aromatic nitrogens is 2. The molecule has 0 bridgehead atoms. The Balaban J connectivity index is 1.82. The molecule has 6 heteroatoms. The van der Waals surface area contributed by atoms with Crippen molar-refractivity contribution in [3.63, 3.8) is 0 Å². The standard InChI is InChI=1S/C21H23N5O/c1-13-8-9-19(14(2)10-13)25-20-11-15(3)22-21(26-20)24-18-7-5-6-17(12-18)23-16(4)27/h5-12H,1-4H3,(H,23,27)(H2,22,24,25,26). The number of benzene rings is 2. The van der Waals surface area contributed by atoms with E-state index < -0.39 is 0 Å². The molecular formula is C21H23N5O. The van der Waals surface area contributed by atoms with Gasteiger partial charge in [-0.3, -0.25) is 4.79 Å². The summed E-state index contributed by atoms with van der Waals surface area (Å²) in [5.41, 5.74) is 5.75. The van der Waals surface area contributed by atoms with Crippen molar-refractivity contribution in [1.29, 1.82) is 0 Å². The average molecular weight is 361 g/mol. The monoisotopic (exact) mass is 361 g/mol. The van der Waals surface area contributed by atoms with Gasteiger partial charge < -0.3 is 16.0 Å². The van der Waals surface area contributed by atoms with Crippen molar-refractivity contribution >= 4 is 34.7 Å². The Kier molecular flexibility index (Phi) is 5.35. The quantitative estimate of drug-likeness (QED) is 0.605. The summed E-state index contributed by atoms with van der Waals surface area (Å²) in [6, 6.07) is 15.6. The van der Waals surface area contributed by atoms with E-state index in [4.69, 9.17) is 0 Å². The number of anilines is 5. The lowest BCUT2D eigenvalue weighted by molar-refractivity contribution is -0.114. The first-order valence-corrected chi connectivity index (χ1v) is 8.74. The molecule has 1 amide bonds. The summed E-state index contributed by atoms with van der Waals surface area (Å²) in [5, 5.41) is 9.32. The Bertz CT molecular complexity index is 984. The van der Waals surface area contributed by atoms with Crippen molar-refractivity contribution < 1.29 is 4.79 Å². The second kappa shape index (κ2) is 7.86. The zero-order valence-corrected chi connectivity index (χ0v) is 15.9. The molecule has 0 spiro atoms. The number of aryl methyl sites for hydroxylation is 3. The van der Waals surface area contributed by atoms with Crippen molar-refractivity contribution in [2.24, 2.45) is 0 Å². The van der Waals surface area contributed by atoms with Crippen LogP contribution >= 0.6 is 0 Å². The smallest absolute Gasteiger partial charge is 0.229 e. The summed E-state index contributed by atoms with van der Waals surface area (Å²) in [6.45, 7) is 7.54. The van der Waals surface area contributed by atoms with Gasteiger partial charge in [-0.1, -0.05) is 23.8 Å². The number of amides is 1. The number of nitrogens with one attached hydrogen (secondary N) is 3. The molecule has 2 aromatic carbocycles. The second-order valence-corrected chi connectivity index (χ2v) is 6.55. The highest BCUT2D eigenvalue weighted by Crippen LogP contribution is 2.23. The van der Waals surface area contributed by atoms with Crippen LogP contribution in [0.5, 0.6) is 0 Å². The molecule has 0 radical (unpaired) electrons. The molecule has 3 rings (SSSR count). The lowest BCUT2D eigenvalue weighted by Gasteiger charge is -2.12. The predicted molar refractivity (Wildman–Crippen MR) is 110 cm³/mol.